The number of hydrogen-bond donors (Lipinski definition) is 1. The number of alkyl halides is 2. The molecule has 196 valence electrons. The molecule has 4 heterocycles. The molecule has 1 atom stereocenters. The first-order chi connectivity index (χ1) is 16.9. The van der Waals surface area contributed by atoms with Crippen molar-refractivity contribution in [3.8, 4) is 5.88 Å². The number of rotatable bonds is 5. The molecule has 3 aliphatic heterocycles. The second-order valence-corrected chi connectivity index (χ2v) is 12.5. The Balaban J connectivity index is 0.000000692. The second kappa shape index (κ2) is 10.1. The van der Waals surface area contributed by atoms with E-state index in [-0.39, 0.29) is 22.8 Å². The maximum atomic E-state index is 14.9. The van der Waals surface area contributed by atoms with Crippen LogP contribution in [0.3, 0.4) is 0 Å². The molecule has 0 radical (unpaired) electrons. The number of amides is 2. The van der Waals surface area contributed by atoms with Crippen LogP contribution in [0.2, 0.25) is 0 Å². The number of halogens is 4. The molecule has 2 fully saturated rings. The van der Waals surface area contributed by atoms with Gasteiger partial charge in [0.05, 0.1) is 28.6 Å². The summed E-state index contributed by atoms with van der Waals surface area (Å²) < 4.78 is 66.2. The predicted molar refractivity (Wildman–Crippen MR) is 127 cm³/mol. The molecule has 1 N–H and O–H groups in total. The molecule has 14 heteroatoms. The number of fused-ring (bicyclic) bond motifs is 1. The highest BCUT2D eigenvalue weighted by Crippen LogP contribution is 2.50. The maximum absolute atomic E-state index is 14.9. The van der Waals surface area contributed by atoms with Crippen LogP contribution in [-0.2, 0) is 19.4 Å². The zero-order chi connectivity index (χ0) is 26.3. The van der Waals surface area contributed by atoms with E-state index in [4.69, 9.17) is 4.33 Å². The van der Waals surface area contributed by atoms with Gasteiger partial charge in [-0.2, -0.15) is 24.9 Å². The molecule has 36 heavy (non-hydrogen) atoms. The first-order valence-electron chi connectivity index (χ1n) is 10.7. The van der Waals surface area contributed by atoms with Crippen LogP contribution in [-0.4, -0.2) is 47.1 Å². The van der Waals surface area contributed by atoms with Gasteiger partial charge in [-0.1, -0.05) is 0 Å². The summed E-state index contributed by atoms with van der Waals surface area (Å²) in [5, 5.41) is 0. The topological polar surface area (TPSA) is 90.0 Å². The van der Waals surface area contributed by atoms with Crippen molar-refractivity contribution in [1.29, 1.82) is 0 Å². The number of pyridine rings is 1. The molecule has 8 nitrogen and oxygen atoms in total. The van der Waals surface area contributed by atoms with Crippen LogP contribution in [0.1, 0.15) is 36.2 Å². The lowest BCUT2D eigenvalue weighted by atomic mass is 9.85. The van der Waals surface area contributed by atoms with Crippen molar-refractivity contribution >= 4 is 45.4 Å². The molecule has 2 amide bonds. The molecule has 1 aromatic carbocycles. The minimum Gasteiger partial charge on any atom is -0.417 e. The number of nitrogens with zero attached hydrogens (tertiary/aromatic N) is 2. The standard InChI is InChI=1S/C19H17F4N3O5S.C3H6S/c1-19(2)10-4-9(16(27)25-32(3)8-29-31-32)11(20)5-13(10)26(17(19)28)14-6-15(30-18(22)23)24-7-12(14)21;1-2-4-3-1/h4-7,18H,8H2,1-3H3,(H,25,27);1-3H2. The first-order valence-corrected chi connectivity index (χ1v) is 14.0. The van der Waals surface area contributed by atoms with Gasteiger partial charge in [-0.05, 0) is 49.5 Å². The van der Waals surface area contributed by atoms with Gasteiger partial charge < -0.3 is 4.74 Å². The molecule has 2 aromatic rings. The molecular formula is C22H23F4N3O5S2. The monoisotopic (exact) mass is 549 g/mol. The number of ether oxygens (including phenoxy) is 1. The average molecular weight is 550 g/mol. The lowest BCUT2D eigenvalue weighted by Gasteiger charge is -2.40. The van der Waals surface area contributed by atoms with Crippen LogP contribution in [0, 0.1) is 11.6 Å². The first kappa shape index (κ1) is 26.5. The third kappa shape index (κ3) is 5.12. The Hall–Kier alpha value is -2.55. The maximum Gasteiger partial charge on any atom is 0.388 e. The van der Waals surface area contributed by atoms with Gasteiger partial charge in [0.2, 0.25) is 11.8 Å². The summed E-state index contributed by atoms with van der Waals surface area (Å²) >= 11 is 2.04. The lowest BCUT2D eigenvalue weighted by Crippen LogP contribution is -2.37. The molecule has 1 unspecified atom stereocenters. The molecule has 1 aromatic heterocycles. The second-order valence-electron chi connectivity index (χ2n) is 8.67. The number of thioether (sulfide) groups is 1. The smallest absolute Gasteiger partial charge is 0.388 e. The molecule has 5 rings (SSSR count). The third-order valence-corrected chi connectivity index (χ3v) is 8.31. The van der Waals surface area contributed by atoms with E-state index in [1.165, 1.54) is 37.8 Å². The highest BCUT2D eigenvalue weighted by molar-refractivity contribution is 8.28. The van der Waals surface area contributed by atoms with Crippen molar-refractivity contribution in [2.24, 2.45) is 0 Å². The summed E-state index contributed by atoms with van der Waals surface area (Å²) in [6.45, 7) is -0.191. The van der Waals surface area contributed by atoms with Gasteiger partial charge in [0.1, 0.15) is 5.82 Å². The van der Waals surface area contributed by atoms with Crippen molar-refractivity contribution in [2.75, 3.05) is 28.6 Å². The fourth-order valence-electron chi connectivity index (χ4n) is 3.54. The Morgan fingerprint density at radius 1 is 1.22 bits per heavy atom. The molecule has 0 aliphatic carbocycles. The zero-order valence-electron chi connectivity index (χ0n) is 19.5. The van der Waals surface area contributed by atoms with E-state index in [0.717, 1.165) is 17.0 Å². The third-order valence-electron chi connectivity index (χ3n) is 5.60. The van der Waals surface area contributed by atoms with Crippen LogP contribution < -0.4 is 14.4 Å². The number of carbonyl (C=O) groups is 2. The van der Waals surface area contributed by atoms with Gasteiger partial charge in [-0.3, -0.25) is 19.2 Å². The molecule has 0 saturated carbocycles. The van der Waals surface area contributed by atoms with Gasteiger partial charge in [0.25, 0.3) is 5.91 Å². The van der Waals surface area contributed by atoms with Crippen molar-refractivity contribution in [2.45, 2.75) is 32.3 Å². The quantitative estimate of drug-likeness (QED) is 0.417. The van der Waals surface area contributed by atoms with E-state index in [1.807, 2.05) is 11.8 Å². The number of carbonyl (C=O) groups excluding carboxylic acids is 2. The van der Waals surface area contributed by atoms with Gasteiger partial charge in [0, 0.05) is 22.8 Å². The Morgan fingerprint density at radius 2 is 1.86 bits per heavy atom. The van der Waals surface area contributed by atoms with Gasteiger partial charge in [0.15, 0.2) is 11.8 Å². The normalized spacial score (nSPS) is 23.4. The summed E-state index contributed by atoms with van der Waals surface area (Å²) in [7, 11) is -2.03. The fourth-order valence-corrected chi connectivity index (χ4v) is 4.81. The van der Waals surface area contributed by atoms with E-state index in [1.54, 1.807) is 6.26 Å². The van der Waals surface area contributed by atoms with E-state index in [2.05, 4.69) is 19.3 Å². The van der Waals surface area contributed by atoms with Gasteiger partial charge >= 0.3 is 6.61 Å². The molecule has 0 bridgehead atoms. The van der Waals surface area contributed by atoms with E-state index in [0.29, 0.717) is 6.20 Å². The summed E-state index contributed by atoms with van der Waals surface area (Å²) in [5.41, 5.74) is -1.87. The molecule has 0 spiro atoms. The number of nitrogens with one attached hydrogen (secondary N) is 1. The van der Waals surface area contributed by atoms with E-state index < -0.39 is 57.5 Å². The Bertz CT molecular complexity index is 1190. The zero-order valence-corrected chi connectivity index (χ0v) is 21.1. The van der Waals surface area contributed by atoms with E-state index in [9.17, 15) is 27.2 Å². The van der Waals surface area contributed by atoms with Crippen LogP contribution in [0.25, 0.3) is 0 Å². The summed E-state index contributed by atoms with van der Waals surface area (Å²) in [6.07, 6.45) is 3.69. The molecule has 3 aliphatic rings. The van der Waals surface area contributed by atoms with Crippen molar-refractivity contribution in [1.82, 2.24) is 9.71 Å². The summed E-state index contributed by atoms with van der Waals surface area (Å²) in [4.78, 5) is 34.6. The van der Waals surface area contributed by atoms with Crippen LogP contribution in [0.5, 0.6) is 5.88 Å². The Labute approximate surface area is 210 Å². The number of hydrogen-bond acceptors (Lipinski definition) is 7. The Kier molecular flexibility index (Phi) is 7.42. The number of benzene rings is 1. The van der Waals surface area contributed by atoms with Crippen LogP contribution in [0.4, 0.5) is 28.9 Å². The fraction of sp³-hybridized carbons (Fsp3) is 0.409. The van der Waals surface area contributed by atoms with Crippen molar-refractivity contribution < 1.29 is 41.1 Å². The van der Waals surface area contributed by atoms with E-state index >= 15 is 0 Å². The van der Waals surface area contributed by atoms with Crippen molar-refractivity contribution in [3.63, 3.8) is 0 Å². The van der Waals surface area contributed by atoms with Crippen LogP contribution >= 0.6 is 22.3 Å². The highest BCUT2D eigenvalue weighted by Gasteiger charge is 2.47. The van der Waals surface area contributed by atoms with Crippen LogP contribution in [0.15, 0.2) is 24.4 Å². The predicted octanol–water partition coefficient (Wildman–Crippen LogP) is 4.95. The molecular weight excluding hydrogens is 526 g/mol. The van der Waals surface area contributed by atoms with Gasteiger partial charge in [-0.15, -0.1) is 0 Å². The number of anilines is 2. The highest BCUT2D eigenvalue weighted by atomic mass is 32.3. The average Bonchev–Trinajstić information content (AvgIpc) is 2.91. The SMILES string of the molecule is C1CSC1.CC1(C)C(=O)N(c2cc(OC(F)F)ncc2F)c2cc(F)c(C(=O)NS3(C)COO3)cc21. The Morgan fingerprint density at radius 3 is 2.39 bits per heavy atom. The van der Waals surface area contributed by atoms with Gasteiger partial charge in [-0.25, -0.2) is 18.7 Å². The summed E-state index contributed by atoms with van der Waals surface area (Å²) in [6, 6.07) is 2.94. The minimum atomic E-state index is -3.22. The largest absolute Gasteiger partial charge is 0.417 e. The minimum absolute atomic E-state index is 0.0380. The summed E-state index contributed by atoms with van der Waals surface area (Å²) in [5.74, 6) is -1.05. The van der Waals surface area contributed by atoms with Crippen molar-refractivity contribution in [3.05, 3.63) is 47.2 Å². The number of aromatic nitrogens is 1. The molecule has 2 saturated heterocycles. The lowest BCUT2D eigenvalue weighted by molar-refractivity contribution is -0.221.